The average molecular weight is 396 g/mol. The molecule has 29 heavy (non-hydrogen) atoms. The number of ether oxygens (including phenoxy) is 1. The lowest BCUT2D eigenvalue weighted by atomic mass is 10.1. The monoisotopic (exact) mass is 395 g/mol. The van der Waals surface area contributed by atoms with Crippen molar-refractivity contribution in [3.63, 3.8) is 0 Å². The standard InChI is InChI=1S/C23H29N3O3/c27-22(11-8-19-4-2-1-3-5-19)25-18-20-6-9-21(10-7-20)23(28)24-12-13-26-14-16-29-17-15-26/h1-7,9-10H,8,11-18H2,(H,24,28)(H,25,27). The summed E-state index contributed by atoms with van der Waals surface area (Å²) in [6.45, 7) is 5.28. The molecule has 2 aromatic rings. The van der Waals surface area contributed by atoms with Crippen LogP contribution < -0.4 is 10.6 Å². The van der Waals surface area contributed by atoms with E-state index < -0.39 is 0 Å². The Labute approximate surface area is 172 Å². The Bertz CT molecular complexity index is 772. The smallest absolute Gasteiger partial charge is 0.251 e. The number of nitrogens with zero attached hydrogens (tertiary/aromatic N) is 1. The van der Waals surface area contributed by atoms with Crippen LogP contribution in [0.2, 0.25) is 0 Å². The van der Waals surface area contributed by atoms with Crippen molar-refractivity contribution >= 4 is 11.8 Å². The predicted molar refractivity (Wildman–Crippen MR) is 113 cm³/mol. The molecule has 154 valence electrons. The quantitative estimate of drug-likeness (QED) is 0.681. The largest absolute Gasteiger partial charge is 0.379 e. The molecule has 0 bridgehead atoms. The summed E-state index contributed by atoms with van der Waals surface area (Å²) in [5.41, 5.74) is 2.76. The van der Waals surface area contributed by atoms with Gasteiger partial charge in [-0.3, -0.25) is 14.5 Å². The van der Waals surface area contributed by atoms with Crippen LogP contribution >= 0.6 is 0 Å². The highest BCUT2D eigenvalue weighted by Gasteiger charge is 2.11. The molecule has 2 N–H and O–H groups in total. The minimum atomic E-state index is -0.0725. The second-order valence-electron chi connectivity index (χ2n) is 7.17. The van der Waals surface area contributed by atoms with Crippen LogP contribution in [-0.4, -0.2) is 56.1 Å². The zero-order valence-corrected chi connectivity index (χ0v) is 16.7. The zero-order chi connectivity index (χ0) is 20.3. The molecule has 2 amide bonds. The fourth-order valence-corrected chi connectivity index (χ4v) is 3.22. The van der Waals surface area contributed by atoms with E-state index in [-0.39, 0.29) is 11.8 Å². The maximum absolute atomic E-state index is 12.3. The molecule has 1 aliphatic heterocycles. The summed E-state index contributed by atoms with van der Waals surface area (Å²) in [5.74, 6) is -0.0458. The minimum absolute atomic E-state index is 0.0267. The second kappa shape index (κ2) is 11.3. The van der Waals surface area contributed by atoms with Gasteiger partial charge < -0.3 is 15.4 Å². The summed E-state index contributed by atoms with van der Waals surface area (Å²) in [6.07, 6.45) is 1.20. The number of nitrogens with one attached hydrogen (secondary N) is 2. The van der Waals surface area contributed by atoms with Gasteiger partial charge in [0.25, 0.3) is 5.91 Å². The van der Waals surface area contributed by atoms with Gasteiger partial charge in [-0.2, -0.15) is 0 Å². The normalized spacial score (nSPS) is 14.3. The number of hydrogen-bond acceptors (Lipinski definition) is 4. The molecule has 0 aliphatic carbocycles. The molecular weight excluding hydrogens is 366 g/mol. The van der Waals surface area contributed by atoms with E-state index in [0.717, 1.165) is 50.4 Å². The molecule has 0 radical (unpaired) electrons. The summed E-state index contributed by atoms with van der Waals surface area (Å²) in [6, 6.07) is 17.3. The van der Waals surface area contributed by atoms with Gasteiger partial charge in [-0.15, -0.1) is 0 Å². The molecular formula is C23H29N3O3. The van der Waals surface area contributed by atoms with Crippen LogP contribution in [0, 0.1) is 0 Å². The van der Waals surface area contributed by atoms with Crippen molar-refractivity contribution in [2.75, 3.05) is 39.4 Å². The van der Waals surface area contributed by atoms with Crippen LogP contribution in [0.1, 0.15) is 27.9 Å². The fourth-order valence-electron chi connectivity index (χ4n) is 3.22. The lowest BCUT2D eigenvalue weighted by Crippen LogP contribution is -2.41. The Balaban J connectivity index is 1.35. The van der Waals surface area contributed by atoms with Gasteiger partial charge in [0.15, 0.2) is 0 Å². The minimum Gasteiger partial charge on any atom is -0.379 e. The van der Waals surface area contributed by atoms with E-state index in [4.69, 9.17) is 4.74 Å². The van der Waals surface area contributed by atoms with Gasteiger partial charge in [0, 0.05) is 44.7 Å². The molecule has 1 aliphatic rings. The highest BCUT2D eigenvalue weighted by Crippen LogP contribution is 2.06. The SMILES string of the molecule is O=C(CCc1ccccc1)NCc1ccc(C(=O)NCCN2CCOCC2)cc1. The van der Waals surface area contributed by atoms with Crippen LogP contribution in [0.25, 0.3) is 0 Å². The summed E-state index contributed by atoms with van der Waals surface area (Å²) in [5, 5.41) is 5.89. The molecule has 2 aromatic carbocycles. The highest BCUT2D eigenvalue weighted by atomic mass is 16.5. The summed E-state index contributed by atoms with van der Waals surface area (Å²) < 4.78 is 5.32. The second-order valence-corrected chi connectivity index (χ2v) is 7.17. The molecule has 0 aromatic heterocycles. The maximum Gasteiger partial charge on any atom is 0.251 e. The van der Waals surface area contributed by atoms with E-state index in [1.54, 1.807) is 12.1 Å². The summed E-state index contributed by atoms with van der Waals surface area (Å²) in [4.78, 5) is 26.6. The third kappa shape index (κ3) is 7.33. The van der Waals surface area contributed by atoms with Crippen LogP contribution in [0.15, 0.2) is 54.6 Å². The van der Waals surface area contributed by atoms with Crippen LogP contribution in [0.5, 0.6) is 0 Å². The van der Waals surface area contributed by atoms with Crippen molar-refractivity contribution in [2.24, 2.45) is 0 Å². The van der Waals surface area contributed by atoms with Gasteiger partial charge in [-0.1, -0.05) is 42.5 Å². The Morgan fingerprint density at radius 2 is 1.62 bits per heavy atom. The van der Waals surface area contributed by atoms with Crippen molar-refractivity contribution in [3.8, 4) is 0 Å². The van der Waals surface area contributed by atoms with Crippen molar-refractivity contribution in [2.45, 2.75) is 19.4 Å². The van der Waals surface area contributed by atoms with E-state index in [9.17, 15) is 9.59 Å². The fraction of sp³-hybridized carbons (Fsp3) is 0.391. The molecule has 0 unspecified atom stereocenters. The third-order valence-electron chi connectivity index (χ3n) is 5.01. The van der Waals surface area contributed by atoms with Crippen molar-refractivity contribution in [1.82, 2.24) is 15.5 Å². The van der Waals surface area contributed by atoms with E-state index in [0.29, 0.717) is 25.1 Å². The summed E-state index contributed by atoms with van der Waals surface area (Å²) in [7, 11) is 0. The average Bonchev–Trinajstić information content (AvgIpc) is 2.78. The summed E-state index contributed by atoms with van der Waals surface area (Å²) >= 11 is 0. The van der Waals surface area contributed by atoms with E-state index >= 15 is 0 Å². The van der Waals surface area contributed by atoms with Gasteiger partial charge in [0.2, 0.25) is 5.91 Å². The maximum atomic E-state index is 12.3. The van der Waals surface area contributed by atoms with E-state index in [1.165, 1.54) is 0 Å². The van der Waals surface area contributed by atoms with Crippen LogP contribution in [-0.2, 0) is 22.5 Å². The van der Waals surface area contributed by atoms with Crippen LogP contribution in [0.4, 0.5) is 0 Å². The van der Waals surface area contributed by atoms with Crippen LogP contribution in [0.3, 0.4) is 0 Å². The Morgan fingerprint density at radius 3 is 2.34 bits per heavy atom. The number of benzene rings is 2. The number of aryl methyl sites for hydroxylation is 1. The lowest BCUT2D eigenvalue weighted by Gasteiger charge is -2.26. The predicted octanol–water partition coefficient (Wildman–Crippen LogP) is 2.00. The molecule has 1 fully saturated rings. The first-order valence-electron chi connectivity index (χ1n) is 10.2. The molecule has 1 heterocycles. The van der Waals surface area contributed by atoms with Crippen molar-refractivity contribution in [3.05, 3.63) is 71.3 Å². The highest BCUT2D eigenvalue weighted by molar-refractivity contribution is 5.94. The van der Waals surface area contributed by atoms with Gasteiger partial charge in [-0.05, 0) is 29.7 Å². The molecule has 0 saturated carbocycles. The Morgan fingerprint density at radius 1 is 0.897 bits per heavy atom. The Kier molecular flexibility index (Phi) is 8.22. The van der Waals surface area contributed by atoms with Gasteiger partial charge in [0.1, 0.15) is 0 Å². The van der Waals surface area contributed by atoms with Crippen molar-refractivity contribution in [1.29, 1.82) is 0 Å². The third-order valence-corrected chi connectivity index (χ3v) is 5.01. The molecule has 0 spiro atoms. The van der Waals surface area contributed by atoms with E-state index in [1.807, 2.05) is 42.5 Å². The topological polar surface area (TPSA) is 70.7 Å². The van der Waals surface area contributed by atoms with Gasteiger partial charge in [0.05, 0.1) is 13.2 Å². The zero-order valence-electron chi connectivity index (χ0n) is 16.7. The van der Waals surface area contributed by atoms with Gasteiger partial charge in [-0.25, -0.2) is 0 Å². The van der Waals surface area contributed by atoms with Gasteiger partial charge >= 0.3 is 0 Å². The molecule has 1 saturated heterocycles. The number of morpholine rings is 1. The first-order chi connectivity index (χ1) is 14.2. The number of rotatable bonds is 9. The lowest BCUT2D eigenvalue weighted by molar-refractivity contribution is -0.121. The first-order valence-corrected chi connectivity index (χ1v) is 10.2. The van der Waals surface area contributed by atoms with E-state index in [2.05, 4.69) is 15.5 Å². The first kappa shape index (κ1) is 21.0. The molecule has 0 atom stereocenters. The van der Waals surface area contributed by atoms with Crippen molar-refractivity contribution < 1.29 is 14.3 Å². The number of carbonyl (C=O) groups excluding carboxylic acids is 2. The molecule has 6 heteroatoms. The molecule has 6 nitrogen and oxygen atoms in total. The Hall–Kier alpha value is -2.70. The number of carbonyl (C=O) groups is 2. The number of hydrogen-bond donors (Lipinski definition) is 2. The number of amides is 2. The molecule has 3 rings (SSSR count).